The van der Waals surface area contributed by atoms with E-state index in [0.29, 0.717) is 70.6 Å². The zero-order valence-electron chi connectivity index (χ0n) is 35.2. The number of hydrogen-bond acceptors (Lipinski definition) is 11. The summed E-state index contributed by atoms with van der Waals surface area (Å²) in [7, 11) is 4.95. The molecule has 3 aromatic rings. The van der Waals surface area contributed by atoms with Crippen LogP contribution in [-0.4, -0.2) is 143 Å². The fourth-order valence-electron chi connectivity index (χ4n) is 13.3. The minimum atomic E-state index is -2.28. The highest BCUT2D eigenvalue weighted by molar-refractivity contribution is 5.91. The van der Waals surface area contributed by atoms with Gasteiger partial charge >= 0.3 is 5.97 Å². The van der Waals surface area contributed by atoms with Crippen LogP contribution in [0.5, 0.6) is 5.75 Å². The number of aliphatic hydroxyl groups is 4. The molecule has 9 rings (SSSR count). The zero-order valence-corrected chi connectivity index (χ0v) is 35.2. The maximum Gasteiger partial charge on any atom is 0.315 e. The van der Waals surface area contributed by atoms with Crippen molar-refractivity contribution in [3.63, 3.8) is 0 Å². The number of ether oxygens (including phenoxy) is 2. The van der Waals surface area contributed by atoms with Gasteiger partial charge in [-0.2, -0.15) is 0 Å². The second kappa shape index (κ2) is 14.3. The van der Waals surface area contributed by atoms with Gasteiger partial charge in [0.15, 0.2) is 5.60 Å². The van der Waals surface area contributed by atoms with E-state index < -0.39 is 58.0 Å². The highest BCUT2D eigenvalue weighted by Gasteiger charge is 2.78. The number of aromatic nitrogens is 1. The number of para-hydroxylation sites is 1. The van der Waals surface area contributed by atoms with Gasteiger partial charge in [0.05, 0.1) is 32.0 Å². The van der Waals surface area contributed by atoms with E-state index in [1.807, 2.05) is 56.1 Å². The predicted octanol–water partition coefficient (Wildman–Crippen LogP) is 2.94. The number of amides is 1. The first-order valence-corrected chi connectivity index (χ1v) is 21.6. The molecule has 1 aromatic heterocycles. The highest BCUT2D eigenvalue weighted by atomic mass is 16.5. The van der Waals surface area contributed by atoms with Crippen LogP contribution in [0.25, 0.3) is 10.9 Å². The summed E-state index contributed by atoms with van der Waals surface area (Å²) in [5.74, 6) is -2.04. The number of carbonyl (C=O) groups excluding carboxylic acids is 2. The SMILES string of the molecule is CCC1(O)CC2CN(CCc3c([nH]c4ccccc34)C(C(=O)OC)[C@H]2c2cc3c(cc2OC)N(C)C2C34CCN3CC=C[C@](CC)(C34)[C@@H](O)[C@]2(O)C(=O)NCC(C)O)C1. The molecule has 1 spiro atoms. The number of rotatable bonds is 8. The van der Waals surface area contributed by atoms with E-state index in [1.165, 1.54) is 7.11 Å². The molecule has 8 unspecified atom stereocenters. The van der Waals surface area contributed by atoms with Gasteiger partial charge in [-0.25, -0.2) is 0 Å². The summed E-state index contributed by atoms with van der Waals surface area (Å²) < 4.78 is 12.1. The third kappa shape index (κ3) is 5.57. The van der Waals surface area contributed by atoms with Crippen molar-refractivity contribution >= 4 is 28.5 Å². The topological polar surface area (TPSA) is 171 Å². The summed E-state index contributed by atoms with van der Waals surface area (Å²) in [6.45, 7) is 8.79. The number of anilines is 1. The van der Waals surface area contributed by atoms with E-state index in [0.717, 1.165) is 39.0 Å². The lowest BCUT2D eigenvalue weighted by molar-refractivity contribution is -0.203. The lowest BCUT2D eigenvalue weighted by atomic mass is 9.47. The number of carbonyl (C=O) groups is 2. The molecule has 2 saturated heterocycles. The molecule has 5 aliphatic heterocycles. The Morgan fingerprint density at radius 1 is 1.08 bits per heavy atom. The molecule has 6 N–H and O–H groups in total. The Morgan fingerprint density at radius 3 is 2.58 bits per heavy atom. The molecular weight excluding hydrogens is 751 g/mol. The number of nitrogens with zero attached hydrogens (tertiary/aromatic N) is 3. The van der Waals surface area contributed by atoms with Gasteiger partial charge in [0.2, 0.25) is 0 Å². The molecule has 1 aliphatic carbocycles. The van der Waals surface area contributed by atoms with Crippen LogP contribution in [0.4, 0.5) is 5.69 Å². The molecular formula is C46H61N5O8. The Kier molecular flexibility index (Phi) is 9.80. The monoisotopic (exact) mass is 811 g/mol. The Labute approximate surface area is 346 Å². The molecule has 318 valence electrons. The Morgan fingerprint density at radius 2 is 1.86 bits per heavy atom. The minimum absolute atomic E-state index is 0.0818. The fourth-order valence-corrected chi connectivity index (χ4v) is 13.3. The Bertz CT molecular complexity index is 2190. The lowest BCUT2D eigenvalue weighted by Crippen LogP contribution is -2.81. The number of aliphatic hydroxyl groups excluding tert-OH is 2. The maximum absolute atomic E-state index is 14.7. The number of fused-ring (bicyclic) bond motifs is 6. The summed E-state index contributed by atoms with van der Waals surface area (Å²) in [5.41, 5.74) is 0.250. The van der Waals surface area contributed by atoms with E-state index in [1.54, 1.807) is 14.0 Å². The fraction of sp³-hybridized carbons (Fsp3) is 0.609. The van der Waals surface area contributed by atoms with Crippen molar-refractivity contribution < 1.29 is 39.5 Å². The van der Waals surface area contributed by atoms with Crippen molar-refractivity contribution in [2.45, 2.75) is 106 Å². The third-order valence-corrected chi connectivity index (χ3v) is 15.8. The van der Waals surface area contributed by atoms with Crippen molar-refractivity contribution in [3.05, 3.63) is 70.9 Å². The Hall–Kier alpha value is -3.98. The molecule has 3 fully saturated rings. The zero-order chi connectivity index (χ0) is 41.8. The molecule has 12 atom stereocenters. The van der Waals surface area contributed by atoms with Gasteiger partial charge in [-0.1, -0.05) is 44.2 Å². The van der Waals surface area contributed by atoms with Crippen molar-refractivity contribution in [2.24, 2.45) is 11.3 Å². The van der Waals surface area contributed by atoms with Crippen molar-refractivity contribution in [3.8, 4) is 5.75 Å². The first-order chi connectivity index (χ1) is 28.2. The maximum atomic E-state index is 14.7. The van der Waals surface area contributed by atoms with Crippen LogP contribution in [0.15, 0.2) is 48.6 Å². The van der Waals surface area contributed by atoms with Gasteiger partial charge in [0.1, 0.15) is 17.8 Å². The molecule has 13 nitrogen and oxygen atoms in total. The molecule has 0 radical (unpaired) electrons. The lowest BCUT2D eigenvalue weighted by Gasteiger charge is -2.63. The number of piperidine rings is 1. The largest absolute Gasteiger partial charge is 0.496 e. The summed E-state index contributed by atoms with van der Waals surface area (Å²) in [6, 6.07) is 11.2. The second-order valence-electron chi connectivity index (χ2n) is 18.6. The third-order valence-electron chi connectivity index (χ3n) is 15.8. The molecule has 2 bridgehead atoms. The second-order valence-corrected chi connectivity index (χ2v) is 18.6. The molecule has 13 heteroatoms. The van der Waals surface area contributed by atoms with Crippen LogP contribution < -0.4 is 15.0 Å². The Balaban J connectivity index is 1.31. The van der Waals surface area contributed by atoms with Crippen LogP contribution in [0.3, 0.4) is 0 Å². The average Bonchev–Trinajstić information content (AvgIpc) is 3.89. The first-order valence-electron chi connectivity index (χ1n) is 21.6. The summed E-state index contributed by atoms with van der Waals surface area (Å²) in [4.78, 5) is 39.6. The smallest absolute Gasteiger partial charge is 0.315 e. The first kappa shape index (κ1) is 40.4. The number of benzene rings is 2. The highest BCUT2D eigenvalue weighted by Crippen LogP contribution is 2.67. The van der Waals surface area contributed by atoms with E-state index in [9.17, 15) is 30.0 Å². The van der Waals surface area contributed by atoms with Gasteiger partial charge in [0, 0.05) is 90.9 Å². The van der Waals surface area contributed by atoms with Gasteiger partial charge in [-0.15, -0.1) is 0 Å². The van der Waals surface area contributed by atoms with Crippen molar-refractivity contribution in [2.75, 3.05) is 65.4 Å². The van der Waals surface area contributed by atoms with E-state index in [-0.39, 0.29) is 24.5 Å². The molecule has 1 saturated carbocycles. The summed E-state index contributed by atoms with van der Waals surface area (Å²) in [5, 5.41) is 52.1. The van der Waals surface area contributed by atoms with Gasteiger partial charge in [0.25, 0.3) is 5.91 Å². The average molecular weight is 812 g/mol. The van der Waals surface area contributed by atoms with Crippen LogP contribution in [0, 0.1) is 11.3 Å². The van der Waals surface area contributed by atoms with Crippen molar-refractivity contribution in [1.82, 2.24) is 20.1 Å². The summed E-state index contributed by atoms with van der Waals surface area (Å²) in [6.07, 6.45) is 4.55. The van der Waals surface area contributed by atoms with Crippen molar-refractivity contribution in [1.29, 1.82) is 0 Å². The van der Waals surface area contributed by atoms with E-state index >= 15 is 0 Å². The molecule has 59 heavy (non-hydrogen) atoms. The number of esters is 1. The van der Waals surface area contributed by atoms with E-state index in [2.05, 4.69) is 38.3 Å². The molecule has 6 aliphatic rings. The molecule has 6 heterocycles. The number of hydrogen-bond donors (Lipinski definition) is 6. The van der Waals surface area contributed by atoms with Gasteiger partial charge < -0.3 is 45.1 Å². The van der Waals surface area contributed by atoms with Crippen LogP contribution >= 0.6 is 0 Å². The van der Waals surface area contributed by atoms with Gasteiger partial charge in [-0.05, 0) is 80.3 Å². The molecule has 1 amide bonds. The van der Waals surface area contributed by atoms with Crippen LogP contribution in [0.2, 0.25) is 0 Å². The van der Waals surface area contributed by atoms with E-state index in [4.69, 9.17) is 9.47 Å². The number of nitrogens with one attached hydrogen (secondary N) is 2. The number of H-pyrrole nitrogens is 1. The van der Waals surface area contributed by atoms with Crippen LogP contribution in [-0.2, 0) is 26.2 Å². The number of aromatic amines is 1. The normalized spacial score (nSPS) is 37.7. The standard InChI is InChI=1S/C46H61N5O8/c1-7-43(56)22-27-24-50(25-43)18-14-29-28-12-9-10-13-32(28)48-37(29)36(38(53)59-6)35(27)30-20-31-33(21-34(30)58-5)49(4)40-45(31)16-19-51-17-11-15-44(8-2,39(45)51)41(54)46(40,57)42(55)47-23-26(3)52/h9-13,15,20-21,26-27,35-36,39-41,48,52,54,56-57H,7-8,14,16-19,22-25H2,1-6H3,(H,47,55)/t26?,27?,35-,36?,39?,40?,41-,43?,44-,45?,46+/m1/s1. The predicted molar refractivity (Wildman–Crippen MR) is 224 cm³/mol. The number of likely N-dealkylation sites (N-methyl/N-ethyl adjacent to an activating group) is 1. The number of methoxy groups -OCH3 is 2. The van der Waals surface area contributed by atoms with Gasteiger partial charge in [-0.3, -0.25) is 19.4 Å². The molecule has 2 aromatic carbocycles. The van der Waals surface area contributed by atoms with Crippen LogP contribution in [0.1, 0.15) is 80.7 Å². The quantitative estimate of drug-likeness (QED) is 0.146. The minimum Gasteiger partial charge on any atom is -0.496 e. The summed E-state index contributed by atoms with van der Waals surface area (Å²) >= 11 is 0.